The van der Waals surface area contributed by atoms with Crippen LogP contribution in [-0.2, 0) is 6.54 Å². The van der Waals surface area contributed by atoms with E-state index in [0.717, 1.165) is 35.0 Å². The van der Waals surface area contributed by atoms with Crippen LogP contribution >= 0.6 is 12.4 Å². The molecule has 5 rings (SSSR count). The minimum atomic E-state index is 0. The van der Waals surface area contributed by atoms with E-state index < -0.39 is 0 Å². The first-order chi connectivity index (χ1) is 12.2. The van der Waals surface area contributed by atoms with Gasteiger partial charge in [-0.15, -0.1) is 12.4 Å². The van der Waals surface area contributed by atoms with Gasteiger partial charge in [0.05, 0.1) is 0 Å². The number of furan rings is 1. The summed E-state index contributed by atoms with van der Waals surface area (Å²) in [4.78, 5) is 4.59. The van der Waals surface area contributed by atoms with Gasteiger partial charge in [0.25, 0.3) is 0 Å². The topological polar surface area (TPSA) is 78.1 Å². The Morgan fingerprint density at radius 2 is 1.69 bits per heavy atom. The van der Waals surface area contributed by atoms with Crippen LogP contribution in [0.1, 0.15) is 60.5 Å². The molecular weight excluding hydrogens is 350 g/mol. The van der Waals surface area contributed by atoms with Crippen molar-refractivity contribution < 1.29 is 8.94 Å². The van der Waals surface area contributed by atoms with Gasteiger partial charge in [-0.2, -0.15) is 4.98 Å². The molecule has 2 heterocycles. The van der Waals surface area contributed by atoms with Gasteiger partial charge in [0.2, 0.25) is 11.7 Å². The van der Waals surface area contributed by atoms with Gasteiger partial charge in [0.1, 0.15) is 11.5 Å². The summed E-state index contributed by atoms with van der Waals surface area (Å²) in [6.07, 6.45) is 2.26. The lowest BCUT2D eigenvalue weighted by molar-refractivity contribution is 0.375. The zero-order chi connectivity index (χ0) is 17.0. The first-order valence-corrected chi connectivity index (χ1v) is 8.95. The zero-order valence-electron chi connectivity index (χ0n) is 14.6. The van der Waals surface area contributed by atoms with Crippen molar-refractivity contribution in [3.8, 4) is 11.4 Å². The fourth-order valence-corrected chi connectivity index (χ4v) is 3.56. The van der Waals surface area contributed by atoms with Crippen LogP contribution in [0.2, 0.25) is 0 Å². The number of nitrogens with zero attached hydrogens (tertiary/aromatic N) is 2. The molecule has 1 aromatic carbocycles. The number of benzene rings is 1. The second-order valence-electron chi connectivity index (χ2n) is 7.37. The summed E-state index contributed by atoms with van der Waals surface area (Å²) >= 11 is 0. The summed E-state index contributed by atoms with van der Waals surface area (Å²) in [5.41, 5.74) is 7.68. The molecule has 0 radical (unpaired) electrons. The number of rotatable bonds is 5. The average molecular weight is 372 g/mol. The highest BCUT2D eigenvalue weighted by Gasteiger charge is 2.46. The maximum atomic E-state index is 6.07. The van der Waals surface area contributed by atoms with Gasteiger partial charge >= 0.3 is 0 Å². The third-order valence-corrected chi connectivity index (χ3v) is 5.49. The van der Waals surface area contributed by atoms with Crippen LogP contribution in [0.15, 0.2) is 45.3 Å². The van der Waals surface area contributed by atoms with Gasteiger partial charge in [-0.1, -0.05) is 36.3 Å². The molecule has 2 saturated carbocycles. The standard InChI is InChI=1S/C20H21N3O2.ClH/c1-11-8-14(11)17-6-7-18(24-17)15-9-16(15)20-22-19(23-25-20)13-4-2-12(10-21)3-5-13;/h2-7,11,14-16H,8-10,21H2,1H3;1H. The van der Waals surface area contributed by atoms with Gasteiger partial charge < -0.3 is 14.7 Å². The number of aromatic nitrogens is 2. The third-order valence-electron chi connectivity index (χ3n) is 5.49. The van der Waals surface area contributed by atoms with Crippen molar-refractivity contribution >= 4 is 12.4 Å². The lowest BCUT2D eigenvalue weighted by Crippen LogP contribution is -1.95. The van der Waals surface area contributed by atoms with Crippen LogP contribution in [0.3, 0.4) is 0 Å². The van der Waals surface area contributed by atoms with E-state index in [4.69, 9.17) is 14.7 Å². The van der Waals surface area contributed by atoms with E-state index in [0.29, 0.717) is 30.1 Å². The summed E-state index contributed by atoms with van der Waals surface area (Å²) < 4.78 is 11.6. The molecular formula is C20H22ClN3O2. The molecule has 2 aliphatic carbocycles. The Labute approximate surface area is 158 Å². The van der Waals surface area contributed by atoms with E-state index in [-0.39, 0.29) is 18.3 Å². The summed E-state index contributed by atoms with van der Waals surface area (Å²) in [6, 6.07) is 12.2. The molecule has 0 bridgehead atoms. The minimum absolute atomic E-state index is 0. The van der Waals surface area contributed by atoms with Crippen molar-refractivity contribution in [1.29, 1.82) is 0 Å². The van der Waals surface area contributed by atoms with Crippen LogP contribution in [0, 0.1) is 5.92 Å². The first kappa shape index (κ1) is 17.3. The van der Waals surface area contributed by atoms with Crippen molar-refractivity contribution in [1.82, 2.24) is 10.1 Å². The Morgan fingerprint density at radius 3 is 2.35 bits per heavy atom. The van der Waals surface area contributed by atoms with Crippen molar-refractivity contribution in [2.45, 2.75) is 44.1 Å². The van der Waals surface area contributed by atoms with E-state index in [2.05, 4.69) is 29.2 Å². The fraction of sp³-hybridized carbons (Fsp3) is 0.400. The van der Waals surface area contributed by atoms with Gasteiger partial charge in [-0.3, -0.25) is 0 Å². The normalized spacial score (nSPS) is 26.4. The predicted octanol–water partition coefficient (Wildman–Crippen LogP) is 4.60. The predicted molar refractivity (Wildman–Crippen MR) is 100 cm³/mol. The van der Waals surface area contributed by atoms with Crippen LogP contribution in [-0.4, -0.2) is 10.1 Å². The molecule has 0 amide bonds. The van der Waals surface area contributed by atoms with E-state index in [1.54, 1.807) is 0 Å². The Kier molecular flexibility index (Phi) is 4.37. The lowest BCUT2D eigenvalue weighted by atomic mass is 10.1. The molecule has 2 aromatic heterocycles. The van der Waals surface area contributed by atoms with Gasteiger partial charge in [-0.05, 0) is 36.5 Å². The Morgan fingerprint density at radius 1 is 1.00 bits per heavy atom. The second-order valence-corrected chi connectivity index (χ2v) is 7.37. The highest BCUT2D eigenvalue weighted by molar-refractivity contribution is 5.85. The molecule has 2 N–H and O–H groups in total. The minimum Gasteiger partial charge on any atom is -0.465 e. The molecule has 3 aromatic rings. The van der Waals surface area contributed by atoms with Crippen LogP contribution < -0.4 is 5.73 Å². The highest BCUT2D eigenvalue weighted by atomic mass is 35.5. The number of hydrogen-bond acceptors (Lipinski definition) is 5. The van der Waals surface area contributed by atoms with Crippen molar-refractivity contribution in [2.75, 3.05) is 0 Å². The summed E-state index contributed by atoms with van der Waals surface area (Å²) in [6.45, 7) is 2.80. The Bertz CT molecular complexity index is 902. The van der Waals surface area contributed by atoms with Gasteiger partial charge in [0.15, 0.2) is 0 Å². The van der Waals surface area contributed by atoms with E-state index >= 15 is 0 Å². The lowest BCUT2D eigenvalue weighted by Gasteiger charge is -1.97. The van der Waals surface area contributed by atoms with E-state index in [1.807, 2.05) is 24.3 Å². The van der Waals surface area contributed by atoms with Crippen molar-refractivity contribution in [3.63, 3.8) is 0 Å². The largest absolute Gasteiger partial charge is 0.465 e. The summed E-state index contributed by atoms with van der Waals surface area (Å²) in [7, 11) is 0. The number of nitrogens with two attached hydrogens (primary N) is 1. The molecule has 136 valence electrons. The molecule has 4 atom stereocenters. The molecule has 6 heteroatoms. The van der Waals surface area contributed by atoms with Crippen LogP contribution in [0.4, 0.5) is 0 Å². The molecule has 2 fully saturated rings. The first-order valence-electron chi connectivity index (χ1n) is 8.95. The van der Waals surface area contributed by atoms with Gasteiger partial charge in [0, 0.05) is 29.9 Å². The number of halogens is 1. The van der Waals surface area contributed by atoms with E-state index in [1.165, 1.54) is 6.42 Å². The molecule has 0 saturated heterocycles. The van der Waals surface area contributed by atoms with Crippen LogP contribution in [0.25, 0.3) is 11.4 Å². The van der Waals surface area contributed by atoms with E-state index in [9.17, 15) is 0 Å². The highest BCUT2D eigenvalue weighted by Crippen LogP contribution is 2.56. The fourth-order valence-electron chi connectivity index (χ4n) is 3.56. The zero-order valence-corrected chi connectivity index (χ0v) is 15.4. The molecule has 26 heavy (non-hydrogen) atoms. The monoisotopic (exact) mass is 371 g/mol. The van der Waals surface area contributed by atoms with Crippen molar-refractivity contribution in [3.05, 3.63) is 59.4 Å². The molecule has 5 nitrogen and oxygen atoms in total. The van der Waals surface area contributed by atoms with Crippen molar-refractivity contribution in [2.24, 2.45) is 11.7 Å². The Hall–Kier alpha value is -2.11. The smallest absolute Gasteiger partial charge is 0.230 e. The molecule has 4 unspecified atom stereocenters. The van der Waals surface area contributed by atoms with Gasteiger partial charge in [-0.25, -0.2) is 0 Å². The summed E-state index contributed by atoms with van der Waals surface area (Å²) in [5.74, 6) is 5.58. The quantitative estimate of drug-likeness (QED) is 0.708. The molecule has 0 spiro atoms. The number of hydrogen-bond donors (Lipinski definition) is 1. The maximum Gasteiger partial charge on any atom is 0.230 e. The molecule has 2 aliphatic rings. The van der Waals surface area contributed by atoms with Crippen LogP contribution in [0.5, 0.6) is 0 Å². The maximum absolute atomic E-state index is 6.07. The summed E-state index contributed by atoms with van der Waals surface area (Å²) in [5, 5.41) is 4.14. The SMILES string of the molecule is CC1CC1c1ccc(C2CC2c2nc(-c3ccc(CN)cc3)no2)o1.Cl. The average Bonchev–Trinajstić information content (AvgIpc) is 3.46. The third kappa shape index (κ3) is 3.06. The Balaban J connectivity index is 0.00000168. The second kappa shape index (κ2) is 6.56. The molecule has 0 aliphatic heterocycles.